The molecule has 0 amide bonds. The van der Waals surface area contributed by atoms with Gasteiger partial charge in [0.1, 0.15) is 6.54 Å². The summed E-state index contributed by atoms with van der Waals surface area (Å²) in [5.74, 6) is -0.841. The Morgan fingerprint density at radius 2 is 2.39 bits per heavy atom. The van der Waals surface area contributed by atoms with Crippen LogP contribution in [0.15, 0.2) is 30.9 Å². The summed E-state index contributed by atoms with van der Waals surface area (Å²) in [6, 6.07) is 6.04. The molecular formula is C14H18N2O2. The molecule has 1 heterocycles. The first-order valence-corrected chi connectivity index (χ1v) is 6.10. The molecule has 18 heavy (non-hydrogen) atoms. The standard InChI is InChI=1S/C14H18N2O2/c1-2-7-16-8-6-11-4-3-5-13(12(11)10-16)15-9-14(17)18/h2-5,15H,1,6-10H2,(H,17,18). The first kappa shape index (κ1) is 12.6. The van der Waals surface area contributed by atoms with Gasteiger partial charge in [-0.15, -0.1) is 6.58 Å². The fourth-order valence-electron chi connectivity index (χ4n) is 2.31. The van der Waals surface area contributed by atoms with E-state index in [9.17, 15) is 4.79 Å². The highest BCUT2D eigenvalue weighted by molar-refractivity contribution is 5.73. The number of nitrogens with one attached hydrogen (secondary N) is 1. The number of rotatable bonds is 5. The van der Waals surface area contributed by atoms with Crippen LogP contribution < -0.4 is 5.32 Å². The van der Waals surface area contributed by atoms with Gasteiger partial charge in [0, 0.05) is 25.3 Å². The fraction of sp³-hybridized carbons (Fsp3) is 0.357. The van der Waals surface area contributed by atoms with Crippen molar-refractivity contribution in [2.24, 2.45) is 0 Å². The van der Waals surface area contributed by atoms with Crippen LogP contribution in [0.4, 0.5) is 5.69 Å². The van der Waals surface area contributed by atoms with Crippen LogP contribution in [0.5, 0.6) is 0 Å². The Morgan fingerprint density at radius 3 is 3.11 bits per heavy atom. The van der Waals surface area contributed by atoms with Crippen molar-refractivity contribution in [1.29, 1.82) is 0 Å². The van der Waals surface area contributed by atoms with Crippen molar-refractivity contribution < 1.29 is 9.90 Å². The second kappa shape index (κ2) is 5.69. The molecule has 4 heteroatoms. The molecule has 0 radical (unpaired) electrons. The zero-order chi connectivity index (χ0) is 13.0. The van der Waals surface area contributed by atoms with Crippen LogP contribution >= 0.6 is 0 Å². The van der Waals surface area contributed by atoms with Crippen molar-refractivity contribution in [2.75, 3.05) is 25.0 Å². The number of carbonyl (C=O) groups is 1. The molecule has 2 rings (SSSR count). The molecule has 1 aliphatic rings. The quantitative estimate of drug-likeness (QED) is 0.777. The highest BCUT2D eigenvalue weighted by atomic mass is 16.4. The third kappa shape index (κ3) is 2.90. The first-order chi connectivity index (χ1) is 8.70. The summed E-state index contributed by atoms with van der Waals surface area (Å²) in [5, 5.41) is 11.7. The maximum atomic E-state index is 10.6. The highest BCUT2D eigenvalue weighted by Gasteiger charge is 2.17. The van der Waals surface area contributed by atoms with E-state index < -0.39 is 5.97 Å². The number of fused-ring (bicyclic) bond motifs is 1. The van der Waals surface area contributed by atoms with Crippen LogP contribution in [-0.2, 0) is 17.8 Å². The molecule has 0 saturated carbocycles. The second-order valence-electron chi connectivity index (χ2n) is 4.46. The Hall–Kier alpha value is -1.81. The van der Waals surface area contributed by atoms with Gasteiger partial charge >= 0.3 is 5.97 Å². The molecule has 4 nitrogen and oxygen atoms in total. The normalized spacial score (nSPS) is 14.9. The predicted molar refractivity (Wildman–Crippen MR) is 71.7 cm³/mol. The first-order valence-electron chi connectivity index (χ1n) is 6.10. The molecule has 0 spiro atoms. The molecular weight excluding hydrogens is 228 g/mol. The fourth-order valence-corrected chi connectivity index (χ4v) is 2.31. The van der Waals surface area contributed by atoms with E-state index in [0.29, 0.717) is 0 Å². The van der Waals surface area contributed by atoms with Crippen LogP contribution in [0.1, 0.15) is 11.1 Å². The monoisotopic (exact) mass is 246 g/mol. The third-order valence-electron chi connectivity index (χ3n) is 3.17. The largest absolute Gasteiger partial charge is 0.480 e. The summed E-state index contributed by atoms with van der Waals surface area (Å²) < 4.78 is 0. The second-order valence-corrected chi connectivity index (χ2v) is 4.46. The van der Waals surface area contributed by atoms with Gasteiger partial charge in [-0.05, 0) is 23.6 Å². The molecule has 1 aliphatic heterocycles. The molecule has 0 aromatic heterocycles. The number of anilines is 1. The summed E-state index contributed by atoms with van der Waals surface area (Å²) in [5.41, 5.74) is 3.46. The van der Waals surface area contributed by atoms with E-state index in [4.69, 9.17) is 5.11 Å². The Labute approximate surface area is 107 Å². The number of carboxylic acid groups (broad SMARTS) is 1. The molecule has 2 N–H and O–H groups in total. The Kier molecular flexibility index (Phi) is 3.99. The summed E-state index contributed by atoms with van der Waals surface area (Å²) in [4.78, 5) is 12.9. The number of benzene rings is 1. The molecule has 0 unspecified atom stereocenters. The number of hydrogen-bond acceptors (Lipinski definition) is 3. The lowest BCUT2D eigenvalue weighted by Crippen LogP contribution is -2.31. The van der Waals surface area contributed by atoms with E-state index in [1.807, 2.05) is 18.2 Å². The average molecular weight is 246 g/mol. The number of carboxylic acids is 1. The zero-order valence-electron chi connectivity index (χ0n) is 10.4. The van der Waals surface area contributed by atoms with Crippen molar-refractivity contribution in [2.45, 2.75) is 13.0 Å². The SMILES string of the molecule is C=CCN1CCc2cccc(NCC(=O)O)c2C1. The summed E-state index contributed by atoms with van der Waals surface area (Å²) >= 11 is 0. The van der Waals surface area contributed by atoms with Crippen LogP contribution in [0.3, 0.4) is 0 Å². The zero-order valence-corrected chi connectivity index (χ0v) is 10.4. The number of hydrogen-bond donors (Lipinski definition) is 2. The van der Waals surface area contributed by atoms with Crippen molar-refractivity contribution in [3.05, 3.63) is 42.0 Å². The van der Waals surface area contributed by atoms with Gasteiger partial charge in [0.2, 0.25) is 0 Å². The molecule has 96 valence electrons. The van der Waals surface area contributed by atoms with Gasteiger partial charge in [0.15, 0.2) is 0 Å². The van der Waals surface area contributed by atoms with E-state index in [-0.39, 0.29) is 6.54 Å². The molecule has 0 atom stereocenters. The Morgan fingerprint density at radius 1 is 1.56 bits per heavy atom. The lowest BCUT2D eigenvalue weighted by molar-refractivity contribution is -0.134. The van der Waals surface area contributed by atoms with Gasteiger partial charge < -0.3 is 10.4 Å². The van der Waals surface area contributed by atoms with E-state index in [1.54, 1.807) is 0 Å². The van der Waals surface area contributed by atoms with E-state index in [1.165, 1.54) is 11.1 Å². The lowest BCUT2D eigenvalue weighted by Gasteiger charge is -2.29. The molecule has 1 aromatic carbocycles. The summed E-state index contributed by atoms with van der Waals surface area (Å²) in [6.45, 7) is 6.46. The van der Waals surface area contributed by atoms with E-state index >= 15 is 0 Å². The summed E-state index contributed by atoms with van der Waals surface area (Å²) in [7, 11) is 0. The third-order valence-corrected chi connectivity index (χ3v) is 3.17. The van der Waals surface area contributed by atoms with Crippen LogP contribution in [0.2, 0.25) is 0 Å². The highest BCUT2D eigenvalue weighted by Crippen LogP contribution is 2.26. The number of nitrogens with zero attached hydrogens (tertiary/aromatic N) is 1. The minimum Gasteiger partial charge on any atom is -0.480 e. The maximum Gasteiger partial charge on any atom is 0.322 e. The molecule has 0 saturated heterocycles. The van der Waals surface area contributed by atoms with Crippen LogP contribution in [0, 0.1) is 0 Å². The molecule has 0 bridgehead atoms. The van der Waals surface area contributed by atoms with Crippen LogP contribution in [0.25, 0.3) is 0 Å². The van der Waals surface area contributed by atoms with Crippen LogP contribution in [-0.4, -0.2) is 35.6 Å². The van der Waals surface area contributed by atoms with Crippen molar-refractivity contribution in [3.8, 4) is 0 Å². The van der Waals surface area contributed by atoms with Gasteiger partial charge in [0.05, 0.1) is 0 Å². The Bertz CT molecular complexity index is 457. The van der Waals surface area contributed by atoms with Gasteiger partial charge in [-0.1, -0.05) is 18.2 Å². The van der Waals surface area contributed by atoms with Crippen molar-refractivity contribution >= 4 is 11.7 Å². The van der Waals surface area contributed by atoms with Gasteiger partial charge in [0.25, 0.3) is 0 Å². The minimum atomic E-state index is -0.841. The molecule has 0 fully saturated rings. The molecule has 0 aliphatic carbocycles. The van der Waals surface area contributed by atoms with Crippen molar-refractivity contribution in [1.82, 2.24) is 4.90 Å². The average Bonchev–Trinajstić information content (AvgIpc) is 2.36. The van der Waals surface area contributed by atoms with Gasteiger partial charge in [-0.3, -0.25) is 9.69 Å². The smallest absolute Gasteiger partial charge is 0.322 e. The topological polar surface area (TPSA) is 52.6 Å². The molecule has 1 aromatic rings. The minimum absolute atomic E-state index is 0.0437. The number of aliphatic carboxylic acids is 1. The maximum absolute atomic E-state index is 10.6. The van der Waals surface area contributed by atoms with E-state index in [0.717, 1.165) is 31.7 Å². The summed E-state index contributed by atoms with van der Waals surface area (Å²) in [6.07, 6.45) is 2.91. The lowest BCUT2D eigenvalue weighted by atomic mass is 9.98. The van der Waals surface area contributed by atoms with Gasteiger partial charge in [-0.2, -0.15) is 0 Å². The van der Waals surface area contributed by atoms with Gasteiger partial charge in [-0.25, -0.2) is 0 Å². The predicted octanol–water partition coefficient (Wildman–Crippen LogP) is 1.73. The Balaban J connectivity index is 2.17. The van der Waals surface area contributed by atoms with E-state index in [2.05, 4.69) is 22.9 Å². The van der Waals surface area contributed by atoms with Crippen molar-refractivity contribution in [3.63, 3.8) is 0 Å².